The van der Waals surface area contributed by atoms with E-state index in [4.69, 9.17) is 5.11 Å². The number of hydrogen-bond donors (Lipinski definition) is 3. The van der Waals surface area contributed by atoms with Gasteiger partial charge in [0.25, 0.3) is 0 Å². The first-order chi connectivity index (χ1) is 6.11. The number of aliphatic carboxylic acids is 1. The summed E-state index contributed by atoms with van der Waals surface area (Å²) in [6.07, 6.45) is 1.62. The average molecular weight is 186 g/mol. The molecule has 0 radical (unpaired) electrons. The Bertz CT molecular complexity index is 217. The van der Waals surface area contributed by atoms with Crippen molar-refractivity contribution in [3.63, 3.8) is 0 Å². The number of nitrogens with one attached hydrogen (secondary N) is 2. The number of carbonyl (C=O) groups is 2. The maximum Gasteiger partial charge on any atom is 0.322 e. The second-order valence-corrected chi connectivity index (χ2v) is 3.22. The Morgan fingerprint density at radius 2 is 2.23 bits per heavy atom. The number of piperidine rings is 1. The van der Waals surface area contributed by atoms with Gasteiger partial charge in [0.15, 0.2) is 0 Å². The van der Waals surface area contributed by atoms with Gasteiger partial charge in [-0.2, -0.15) is 0 Å². The quantitative estimate of drug-likeness (QED) is 0.534. The van der Waals surface area contributed by atoms with Crippen molar-refractivity contribution in [2.45, 2.75) is 31.8 Å². The van der Waals surface area contributed by atoms with E-state index in [9.17, 15) is 9.59 Å². The molecular weight excluding hydrogens is 172 g/mol. The minimum atomic E-state index is -0.904. The van der Waals surface area contributed by atoms with E-state index in [2.05, 4.69) is 10.6 Å². The van der Waals surface area contributed by atoms with Crippen LogP contribution in [0.5, 0.6) is 0 Å². The Morgan fingerprint density at radius 3 is 2.77 bits per heavy atom. The molecule has 2 atom stereocenters. The predicted octanol–water partition coefficient (Wildman–Crippen LogP) is -0.672. The van der Waals surface area contributed by atoms with Crippen molar-refractivity contribution in [2.75, 3.05) is 6.54 Å². The molecule has 0 aromatic carbocycles. The summed E-state index contributed by atoms with van der Waals surface area (Å²) in [5.41, 5.74) is 0. The monoisotopic (exact) mass is 186 g/mol. The van der Waals surface area contributed by atoms with Crippen LogP contribution in [-0.2, 0) is 9.59 Å². The predicted molar refractivity (Wildman–Crippen MR) is 46.3 cm³/mol. The van der Waals surface area contributed by atoms with E-state index < -0.39 is 12.0 Å². The van der Waals surface area contributed by atoms with E-state index in [0.717, 1.165) is 12.8 Å². The summed E-state index contributed by atoms with van der Waals surface area (Å²) in [5.74, 6) is -1.08. The third-order valence-corrected chi connectivity index (χ3v) is 2.11. The molecule has 0 saturated carbocycles. The first-order valence-electron chi connectivity index (χ1n) is 4.34. The average Bonchev–Trinajstić information content (AvgIpc) is 2.03. The van der Waals surface area contributed by atoms with Gasteiger partial charge in [-0.15, -0.1) is 0 Å². The highest BCUT2D eigenvalue weighted by atomic mass is 16.4. The van der Waals surface area contributed by atoms with Crippen molar-refractivity contribution >= 4 is 11.9 Å². The van der Waals surface area contributed by atoms with Gasteiger partial charge in [-0.3, -0.25) is 9.59 Å². The maximum absolute atomic E-state index is 10.7. The number of hydrogen-bond acceptors (Lipinski definition) is 3. The summed E-state index contributed by atoms with van der Waals surface area (Å²) >= 11 is 0. The molecule has 5 nitrogen and oxygen atoms in total. The standard InChI is InChI=1S/C8H14N2O3/c1-5(11)10-6-3-2-4-9-7(6)8(12)13/h6-7,9H,2-4H2,1H3,(H,10,11)(H,12,13). The Hall–Kier alpha value is -1.10. The zero-order valence-corrected chi connectivity index (χ0v) is 7.54. The van der Waals surface area contributed by atoms with Crippen LogP contribution in [0.2, 0.25) is 0 Å². The molecule has 1 aliphatic rings. The molecule has 0 aromatic heterocycles. The highest BCUT2D eigenvalue weighted by Crippen LogP contribution is 2.08. The lowest BCUT2D eigenvalue weighted by molar-refractivity contribution is -0.141. The number of carboxylic acid groups (broad SMARTS) is 1. The van der Waals surface area contributed by atoms with Gasteiger partial charge in [-0.1, -0.05) is 0 Å². The van der Waals surface area contributed by atoms with Crippen LogP contribution in [0, 0.1) is 0 Å². The molecule has 1 amide bonds. The van der Waals surface area contributed by atoms with Crippen molar-refractivity contribution in [3.8, 4) is 0 Å². The van der Waals surface area contributed by atoms with Crippen molar-refractivity contribution in [2.24, 2.45) is 0 Å². The van der Waals surface area contributed by atoms with Crippen LogP contribution in [0.1, 0.15) is 19.8 Å². The molecule has 1 saturated heterocycles. The summed E-state index contributed by atoms with van der Waals surface area (Å²) in [7, 11) is 0. The lowest BCUT2D eigenvalue weighted by Gasteiger charge is -2.29. The van der Waals surface area contributed by atoms with Crippen LogP contribution in [0.15, 0.2) is 0 Å². The van der Waals surface area contributed by atoms with Gasteiger partial charge in [0.1, 0.15) is 6.04 Å². The Balaban J connectivity index is 2.56. The van der Waals surface area contributed by atoms with Crippen molar-refractivity contribution in [3.05, 3.63) is 0 Å². The minimum absolute atomic E-state index is 0.181. The van der Waals surface area contributed by atoms with Gasteiger partial charge in [0.2, 0.25) is 5.91 Å². The van der Waals surface area contributed by atoms with Gasteiger partial charge in [0, 0.05) is 6.92 Å². The van der Waals surface area contributed by atoms with Crippen LogP contribution in [-0.4, -0.2) is 35.6 Å². The molecule has 0 bridgehead atoms. The summed E-state index contributed by atoms with van der Waals surface area (Å²) < 4.78 is 0. The van der Waals surface area contributed by atoms with Gasteiger partial charge in [-0.05, 0) is 19.4 Å². The zero-order chi connectivity index (χ0) is 9.84. The summed E-state index contributed by atoms with van der Waals surface area (Å²) in [6.45, 7) is 2.10. The van der Waals surface area contributed by atoms with Gasteiger partial charge in [-0.25, -0.2) is 0 Å². The number of carboxylic acids is 1. The van der Waals surface area contributed by atoms with Crippen LogP contribution in [0.3, 0.4) is 0 Å². The molecule has 1 fully saturated rings. The number of amides is 1. The normalized spacial score (nSPS) is 28.1. The molecule has 1 rings (SSSR count). The van der Waals surface area contributed by atoms with E-state index in [1.165, 1.54) is 6.92 Å². The smallest absolute Gasteiger partial charge is 0.322 e. The van der Waals surface area contributed by atoms with Crippen LogP contribution >= 0.6 is 0 Å². The van der Waals surface area contributed by atoms with E-state index in [1.54, 1.807) is 0 Å². The lowest BCUT2D eigenvalue weighted by atomic mass is 9.98. The van der Waals surface area contributed by atoms with Crippen molar-refractivity contribution in [1.82, 2.24) is 10.6 Å². The molecule has 13 heavy (non-hydrogen) atoms. The molecule has 5 heteroatoms. The molecule has 3 N–H and O–H groups in total. The molecule has 74 valence electrons. The summed E-state index contributed by atoms with van der Waals surface area (Å²) in [6, 6.07) is -0.915. The van der Waals surface area contributed by atoms with Crippen LogP contribution < -0.4 is 10.6 Å². The summed E-state index contributed by atoms with van der Waals surface area (Å²) in [4.78, 5) is 21.5. The van der Waals surface area contributed by atoms with E-state index in [-0.39, 0.29) is 11.9 Å². The van der Waals surface area contributed by atoms with E-state index in [1.807, 2.05) is 0 Å². The second kappa shape index (κ2) is 4.23. The lowest BCUT2D eigenvalue weighted by Crippen LogP contribution is -2.56. The maximum atomic E-state index is 10.7. The highest BCUT2D eigenvalue weighted by Gasteiger charge is 2.30. The number of carbonyl (C=O) groups excluding carboxylic acids is 1. The fraction of sp³-hybridized carbons (Fsp3) is 0.750. The highest BCUT2D eigenvalue weighted by molar-refractivity contribution is 5.78. The zero-order valence-electron chi connectivity index (χ0n) is 7.54. The fourth-order valence-corrected chi connectivity index (χ4v) is 1.56. The molecular formula is C8H14N2O3. The Labute approximate surface area is 76.5 Å². The van der Waals surface area contributed by atoms with Gasteiger partial charge in [0.05, 0.1) is 6.04 Å². The second-order valence-electron chi connectivity index (χ2n) is 3.22. The van der Waals surface area contributed by atoms with E-state index in [0.29, 0.717) is 6.54 Å². The van der Waals surface area contributed by atoms with Crippen LogP contribution in [0.4, 0.5) is 0 Å². The van der Waals surface area contributed by atoms with Crippen molar-refractivity contribution in [1.29, 1.82) is 0 Å². The third-order valence-electron chi connectivity index (χ3n) is 2.11. The topological polar surface area (TPSA) is 78.4 Å². The molecule has 0 aromatic rings. The minimum Gasteiger partial charge on any atom is -0.480 e. The molecule has 1 aliphatic heterocycles. The van der Waals surface area contributed by atoms with Crippen molar-refractivity contribution < 1.29 is 14.7 Å². The van der Waals surface area contributed by atoms with Gasteiger partial charge < -0.3 is 15.7 Å². The molecule has 2 unspecified atom stereocenters. The largest absolute Gasteiger partial charge is 0.480 e. The SMILES string of the molecule is CC(=O)NC1CCCNC1C(=O)O. The fourth-order valence-electron chi connectivity index (χ4n) is 1.56. The Morgan fingerprint density at radius 1 is 1.54 bits per heavy atom. The molecule has 0 aliphatic carbocycles. The molecule has 1 heterocycles. The Kier molecular flexibility index (Phi) is 3.25. The van der Waals surface area contributed by atoms with E-state index >= 15 is 0 Å². The third kappa shape index (κ3) is 2.69. The first kappa shape index (κ1) is 9.98. The molecule has 0 spiro atoms. The van der Waals surface area contributed by atoms with Crippen LogP contribution in [0.25, 0.3) is 0 Å². The van der Waals surface area contributed by atoms with Gasteiger partial charge >= 0.3 is 5.97 Å². The first-order valence-corrected chi connectivity index (χ1v) is 4.34. The summed E-state index contributed by atoms with van der Waals surface area (Å²) in [5, 5.41) is 14.3. The number of rotatable bonds is 2.